The second-order valence-corrected chi connectivity index (χ2v) is 8.74. The molecule has 166 valence electrons. The molecule has 9 heteroatoms. The van der Waals surface area contributed by atoms with Crippen LogP contribution in [0.25, 0.3) is 0 Å². The van der Waals surface area contributed by atoms with Gasteiger partial charge in [-0.05, 0) is 38.5 Å². The van der Waals surface area contributed by atoms with Gasteiger partial charge in [-0.15, -0.1) is 6.58 Å². The minimum absolute atomic E-state index is 0. The van der Waals surface area contributed by atoms with Crippen LogP contribution in [0.3, 0.4) is 0 Å². The van der Waals surface area contributed by atoms with Crippen LogP contribution in [0.15, 0.2) is 12.7 Å². The summed E-state index contributed by atoms with van der Waals surface area (Å²) in [5.41, 5.74) is 0. The molecule has 0 bridgehead atoms. The van der Waals surface area contributed by atoms with E-state index in [1.54, 1.807) is 6.08 Å². The predicted molar refractivity (Wildman–Crippen MR) is 116 cm³/mol. The van der Waals surface area contributed by atoms with Gasteiger partial charge < -0.3 is 9.84 Å². The molecule has 0 aliphatic carbocycles. The fourth-order valence-corrected chi connectivity index (χ4v) is 3.61. The minimum atomic E-state index is -4.84. The number of carboxylic acid groups (broad SMARTS) is 1. The molecule has 0 aliphatic heterocycles. The molecule has 0 saturated carbocycles. The van der Waals surface area contributed by atoms with E-state index in [0.29, 0.717) is 12.8 Å². The van der Waals surface area contributed by atoms with Crippen molar-refractivity contribution in [3.05, 3.63) is 12.7 Å². The second-order valence-electron chi connectivity index (χ2n) is 7.14. The maximum absolute atomic E-state index is 12.2. The van der Waals surface area contributed by atoms with E-state index in [2.05, 4.69) is 13.5 Å². The number of unbranched alkanes of at least 4 members (excludes halogenated alkanes) is 8. The van der Waals surface area contributed by atoms with E-state index >= 15 is 0 Å². The van der Waals surface area contributed by atoms with E-state index in [-0.39, 0.29) is 29.6 Å². The van der Waals surface area contributed by atoms with Gasteiger partial charge in [0.15, 0.2) is 5.25 Å². The average molecular weight is 445 g/mol. The number of carboxylic acids is 1. The number of esters is 1. The molecule has 0 radical (unpaired) electrons. The van der Waals surface area contributed by atoms with Gasteiger partial charge in [-0.3, -0.25) is 14.1 Å². The Balaban J connectivity index is 0. The Bertz CT molecular complexity index is 563. The summed E-state index contributed by atoms with van der Waals surface area (Å²) >= 11 is 0. The molecule has 2 atom stereocenters. The van der Waals surface area contributed by atoms with Crippen molar-refractivity contribution in [1.29, 1.82) is 0 Å². The molecule has 2 unspecified atom stereocenters. The molecule has 0 spiro atoms. The van der Waals surface area contributed by atoms with Gasteiger partial charge in [0.25, 0.3) is 10.1 Å². The Kier molecular flexibility index (Phi) is 19.5. The SMILES string of the molecule is C=CCCCCC(CCCCCCCCC)OC(=O)C(CC(=O)O)S(=O)(=O)O.[NaH]. The van der Waals surface area contributed by atoms with Crippen molar-refractivity contribution in [3.8, 4) is 0 Å². The van der Waals surface area contributed by atoms with Crippen LogP contribution in [-0.2, 0) is 24.4 Å². The molecule has 0 saturated heterocycles. The third-order valence-electron chi connectivity index (χ3n) is 4.58. The monoisotopic (exact) mass is 444 g/mol. The van der Waals surface area contributed by atoms with E-state index in [0.717, 1.165) is 38.5 Å². The Morgan fingerprint density at radius 1 is 1.00 bits per heavy atom. The number of carbonyl (C=O) groups is 2. The standard InChI is InChI=1S/C20H36O7S.Na.H/c1-3-5-7-9-10-11-13-15-17(14-12-8-6-4-2)27-20(23)18(16-19(21)22)28(24,25)26;;/h4,17-18H,2-3,5-16H2,1H3,(H,21,22)(H,24,25,26);;. The summed E-state index contributed by atoms with van der Waals surface area (Å²) in [6.45, 7) is 5.82. The summed E-state index contributed by atoms with van der Waals surface area (Å²) in [5.74, 6) is -2.68. The van der Waals surface area contributed by atoms with Crippen LogP contribution in [0, 0.1) is 0 Å². The first-order chi connectivity index (χ1) is 13.2. The van der Waals surface area contributed by atoms with E-state index in [1.807, 2.05) is 0 Å². The molecular formula is C20H37NaO7S. The van der Waals surface area contributed by atoms with Crippen LogP contribution in [0.2, 0.25) is 0 Å². The number of aliphatic carboxylic acids is 1. The molecular weight excluding hydrogens is 407 g/mol. The summed E-state index contributed by atoms with van der Waals surface area (Å²) in [7, 11) is -4.84. The molecule has 2 N–H and O–H groups in total. The van der Waals surface area contributed by atoms with Crippen LogP contribution < -0.4 is 0 Å². The Morgan fingerprint density at radius 3 is 2.00 bits per heavy atom. The molecule has 0 aliphatic rings. The van der Waals surface area contributed by atoms with Crippen LogP contribution in [0.5, 0.6) is 0 Å². The fourth-order valence-electron chi connectivity index (χ4n) is 2.96. The number of ether oxygens (including phenoxy) is 1. The normalized spacial score (nSPS) is 13.2. The first kappa shape index (κ1) is 30.8. The predicted octanol–water partition coefficient (Wildman–Crippen LogP) is 3.87. The molecule has 0 rings (SSSR count). The van der Waals surface area contributed by atoms with Gasteiger partial charge in [0.05, 0.1) is 6.42 Å². The van der Waals surface area contributed by atoms with E-state index in [4.69, 9.17) is 14.4 Å². The second kappa shape index (κ2) is 18.4. The number of carbonyl (C=O) groups excluding carboxylic acids is 1. The van der Waals surface area contributed by atoms with Gasteiger partial charge in [-0.1, -0.05) is 51.5 Å². The zero-order chi connectivity index (χ0) is 21.4. The van der Waals surface area contributed by atoms with Gasteiger partial charge in [-0.2, -0.15) is 8.42 Å². The molecule has 0 fully saturated rings. The molecule has 7 nitrogen and oxygen atoms in total. The molecule has 0 amide bonds. The van der Waals surface area contributed by atoms with Crippen molar-refractivity contribution >= 4 is 51.6 Å². The van der Waals surface area contributed by atoms with Crippen LogP contribution >= 0.6 is 0 Å². The van der Waals surface area contributed by atoms with Crippen molar-refractivity contribution in [3.63, 3.8) is 0 Å². The van der Waals surface area contributed by atoms with Gasteiger partial charge in [0.1, 0.15) is 6.10 Å². The van der Waals surface area contributed by atoms with Crippen LogP contribution in [-0.4, -0.2) is 70.9 Å². The fraction of sp³-hybridized carbons (Fsp3) is 0.800. The molecule has 0 aromatic carbocycles. The number of rotatable bonds is 18. The van der Waals surface area contributed by atoms with Crippen molar-refractivity contribution in [2.75, 3.05) is 0 Å². The van der Waals surface area contributed by atoms with Gasteiger partial charge in [-0.25, -0.2) is 0 Å². The molecule has 0 aromatic heterocycles. The van der Waals surface area contributed by atoms with Crippen molar-refractivity contribution < 1.29 is 32.4 Å². The van der Waals surface area contributed by atoms with Gasteiger partial charge in [0.2, 0.25) is 0 Å². The van der Waals surface area contributed by atoms with Gasteiger partial charge >= 0.3 is 41.5 Å². The summed E-state index contributed by atoms with van der Waals surface area (Å²) < 4.78 is 37.2. The van der Waals surface area contributed by atoms with Crippen molar-refractivity contribution in [2.24, 2.45) is 0 Å². The maximum atomic E-state index is 12.2. The van der Waals surface area contributed by atoms with Gasteiger partial charge in [0, 0.05) is 0 Å². The quantitative estimate of drug-likeness (QED) is 0.108. The molecule has 0 heterocycles. The third-order valence-corrected chi connectivity index (χ3v) is 5.66. The summed E-state index contributed by atoms with van der Waals surface area (Å²) in [6, 6.07) is 0. The topological polar surface area (TPSA) is 118 Å². The zero-order valence-electron chi connectivity index (χ0n) is 17.0. The van der Waals surface area contributed by atoms with Crippen molar-refractivity contribution in [1.82, 2.24) is 0 Å². The first-order valence-electron chi connectivity index (χ1n) is 10.2. The number of hydrogen-bond acceptors (Lipinski definition) is 5. The average Bonchev–Trinajstić information content (AvgIpc) is 2.61. The number of hydrogen-bond donors (Lipinski definition) is 2. The first-order valence-corrected chi connectivity index (χ1v) is 11.7. The third kappa shape index (κ3) is 17.0. The zero-order valence-corrected chi connectivity index (χ0v) is 17.8. The summed E-state index contributed by atoms with van der Waals surface area (Å²) in [4.78, 5) is 23.0. The Labute approximate surface area is 197 Å². The number of allylic oxidation sites excluding steroid dienone is 1. The van der Waals surface area contributed by atoms with E-state index < -0.39 is 39.8 Å². The molecule has 29 heavy (non-hydrogen) atoms. The van der Waals surface area contributed by atoms with Crippen LogP contribution in [0.4, 0.5) is 0 Å². The van der Waals surface area contributed by atoms with Crippen molar-refractivity contribution in [2.45, 2.75) is 102 Å². The van der Waals surface area contributed by atoms with E-state index in [1.165, 1.54) is 25.7 Å². The van der Waals surface area contributed by atoms with E-state index in [9.17, 15) is 18.0 Å². The Morgan fingerprint density at radius 2 is 1.52 bits per heavy atom. The summed E-state index contributed by atoms with van der Waals surface area (Å²) in [6.07, 6.45) is 11.7. The molecule has 0 aromatic rings. The Hall–Kier alpha value is -0.410. The summed E-state index contributed by atoms with van der Waals surface area (Å²) in [5, 5.41) is 6.71. The van der Waals surface area contributed by atoms with Crippen LogP contribution in [0.1, 0.15) is 90.4 Å².